The third-order valence-electron chi connectivity index (χ3n) is 5.24. The molecular weight excluding hydrogens is 328 g/mol. The minimum atomic E-state index is -0.864. The van der Waals surface area contributed by atoms with Gasteiger partial charge in [-0.25, -0.2) is 0 Å². The molecule has 5 nitrogen and oxygen atoms in total. The van der Waals surface area contributed by atoms with E-state index < -0.39 is 5.97 Å². The fourth-order valence-corrected chi connectivity index (χ4v) is 3.99. The SMILES string of the molecule is Cc1cc(C(=O)Nc2ccc(CC(=O)O)cc2)c(C)n1C1CCCCC1. The number of anilines is 1. The van der Waals surface area contributed by atoms with Gasteiger partial charge in [-0.05, 0) is 50.5 Å². The van der Waals surface area contributed by atoms with Crippen LogP contribution in [0.4, 0.5) is 5.69 Å². The van der Waals surface area contributed by atoms with E-state index in [0.29, 0.717) is 22.9 Å². The van der Waals surface area contributed by atoms with Crippen LogP contribution in [0.2, 0.25) is 0 Å². The Morgan fingerprint density at radius 1 is 1.12 bits per heavy atom. The molecular formula is C21H26N2O3. The number of carboxylic acid groups (broad SMARTS) is 1. The van der Waals surface area contributed by atoms with Crippen LogP contribution in [0, 0.1) is 13.8 Å². The fraction of sp³-hybridized carbons (Fsp3) is 0.429. The average molecular weight is 354 g/mol. The van der Waals surface area contributed by atoms with E-state index in [4.69, 9.17) is 5.11 Å². The lowest BCUT2D eigenvalue weighted by molar-refractivity contribution is -0.136. The molecule has 1 aromatic carbocycles. The van der Waals surface area contributed by atoms with Gasteiger partial charge in [0.25, 0.3) is 5.91 Å². The van der Waals surface area contributed by atoms with E-state index in [1.54, 1.807) is 24.3 Å². The number of nitrogens with zero attached hydrogens (tertiary/aromatic N) is 1. The van der Waals surface area contributed by atoms with Gasteiger partial charge >= 0.3 is 5.97 Å². The smallest absolute Gasteiger partial charge is 0.307 e. The summed E-state index contributed by atoms with van der Waals surface area (Å²) < 4.78 is 2.32. The third kappa shape index (κ3) is 3.98. The first kappa shape index (κ1) is 18.2. The summed E-state index contributed by atoms with van der Waals surface area (Å²) in [5.74, 6) is -0.983. The predicted molar refractivity (Wildman–Crippen MR) is 102 cm³/mol. The number of rotatable bonds is 5. The van der Waals surface area contributed by atoms with Crippen molar-refractivity contribution in [1.29, 1.82) is 0 Å². The molecule has 0 atom stereocenters. The summed E-state index contributed by atoms with van der Waals surface area (Å²) >= 11 is 0. The highest BCUT2D eigenvalue weighted by Gasteiger charge is 2.22. The van der Waals surface area contributed by atoms with Gasteiger partial charge in [0.15, 0.2) is 0 Å². The molecule has 0 unspecified atom stereocenters. The van der Waals surface area contributed by atoms with Gasteiger partial charge in [0.05, 0.1) is 12.0 Å². The molecule has 0 bridgehead atoms. The van der Waals surface area contributed by atoms with Gasteiger partial charge in [0.1, 0.15) is 0 Å². The van der Waals surface area contributed by atoms with Crippen LogP contribution in [0.5, 0.6) is 0 Å². The summed E-state index contributed by atoms with van der Waals surface area (Å²) in [5.41, 5.74) is 4.26. The summed E-state index contributed by atoms with van der Waals surface area (Å²) in [7, 11) is 0. The number of aliphatic carboxylic acids is 1. The maximum absolute atomic E-state index is 12.7. The van der Waals surface area contributed by atoms with Gasteiger partial charge in [-0.2, -0.15) is 0 Å². The molecule has 26 heavy (non-hydrogen) atoms. The second kappa shape index (κ2) is 7.77. The van der Waals surface area contributed by atoms with Crippen molar-refractivity contribution in [2.24, 2.45) is 0 Å². The van der Waals surface area contributed by atoms with Crippen molar-refractivity contribution >= 4 is 17.6 Å². The van der Waals surface area contributed by atoms with E-state index in [0.717, 1.165) is 11.4 Å². The molecule has 5 heteroatoms. The van der Waals surface area contributed by atoms with E-state index in [1.165, 1.54) is 32.1 Å². The zero-order chi connectivity index (χ0) is 18.7. The number of hydrogen-bond acceptors (Lipinski definition) is 2. The molecule has 1 fully saturated rings. The van der Waals surface area contributed by atoms with Crippen LogP contribution in [0.3, 0.4) is 0 Å². The first-order valence-corrected chi connectivity index (χ1v) is 9.26. The largest absolute Gasteiger partial charge is 0.481 e. The molecule has 1 amide bonds. The summed E-state index contributed by atoms with van der Waals surface area (Å²) in [5, 5.41) is 11.7. The number of benzene rings is 1. The van der Waals surface area contributed by atoms with Crippen molar-refractivity contribution in [2.75, 3.05) is 5.32 Å². The molecule has 0 aliphatic heterocycles. The Labute approximate surface area is 154 Å². The highest BCUT2D eigenvalue weighted by Crippen LogP contribution is 2.32. The summed E-state index contributed by atoms with van der Waals surface area (Å²) in [6, 6.07) is 9.43. The van der Waals surface area contributed by atoms with Crippen LogP contribution in [0.1, 0.15) is 65.5 Å². The molecule has 0 radical (unpaired) electrons. The second-order valence-corrected chi connectivity index (χ2v) is 7.17. The number of carbonyl (C=O) groups excluding carboxylic acids is 1. The molecule has 0 spiro atoms. The zero-order valence-corrected chi connectivity index (χ0v) is 15.4. The monoisotopic (exact) mass is 354 g/mol. The highest BCUT2D eigenvalue weighted by atomic mass is 16.4. The van der Waals surface area contributed by atoms with Gasteiger partial charge in [0, 0.05) is 23.1 Å². The quantitative estimate of drug-likeness (QED) is 0.831. The highest BCUT2D eigenvalue weighted by molar-refractivity contribution is 6.05. The molecule has 3 rings (SSSR count). The summed E-state index contributed by atoms with van der Waals surface area (Å²) in [4.78, 5) is 23.5. The van der Waals surface area contributed by atoms with E-state index in [9.17, 15) is 9.59 Å². The van der Waals surface area contributed by atoms with Crippen LogP contribution in [-0.4, -0.2) is 21.6 Å². The number of aryl methyl sites for hydroxylation is 1. The first-order chi connectivity index (χ1) is 12.5. The van der Waals surface area contributed by atoms with Crippen molar-refractivity contribution in [3.63, 3.8) is 0 Å². The number of nitrogens with one attached hydrogen (secondary N) is 1. The van der Waals surface area contributed by atoms with E-state index in [2.05, 4.69) is 16.8 Å². The van der Waals surface area contributed by atoms with Crippen molar-refractivity contribution < 1.29 is 14.7 Å². The maximum atomic E-state index is 12.7. The molecule has 138 valence electrons. The van der Waals surface area contributed by atoms with Crippen molar-refractivity contribution in [3.05, 3.63) is 52.8 Å². The molecule has 2 N–H and O–H groups in total. The summed E-state index contributed by atoms with van der Waals surface area (Å²) in [6.45, 7) is 4.09. The van der Waals surface area contributed by atoms with Crippen molar-refractivity contribution in [3.8, 4) is 0 Å². The van der Waals surface area contributed by atoms with Crippen LogP contribution < -0.4 is 5.32 Å². The van der Waals surface area contributed by atoms with Gasteiger partial charge in [-0.1, -0.05) is 31.4 Å². The number of amides is 1. The molecule has 0 saturated heterocycles. The van der Waals surface area contributed by atoms with E-state index in [-0.39, 0.29) is 12.3 Å². The fourth-order valence-electron chi connectivity index (χ4n) is 3.99. The first-order valence-electron chi connectivity index (χ1n) is 9.26. The number of aromatic nitrogens is 1. The third-order valence-corrected chi connectivity index (χ3v) is 5.24. The van der Waals surface area contributed by atoms with Gasteiger partial charge < -0.3 is 15.0 Å². The Morgan fingerprint density at radius 2 is 1.77 bits per heavy atom. The van der Waals surface area contributed by atoms with Crippen molar-refractivity contribution in [1.82, 2.24) is 4.57 Å². The predicted octanol–water partition coefficient (Wildman–Crippen LogP) is 4.49. The Hall–Kier alpha value is -2.56. The van der Waals surface area contributed by atoms with Crippen LogP contribution >= 0.6 is 0 Å². The lowest BCUT2D eigenvalue weighted by Gasteiger charge is -2.26. The van der Waals surface area contributed by atoms with E-state index in [1.807, 2.05) is 13.0 Å². The van der Waals surface area contributed by atoms with Crippen molar-refractivity contribution in [2.45, 2.75) is 58.4 Å². The minimum Gasteiger partial charge on any atom is -0.481 e. The topological polar surface area (TPSA) is 71.3 Å². The maximum Gasteiger partial charge on any atom is 0.307 e. The van der Waals surface area contributed by atoms with Crippen LogP contribution in [-0.2, 0) is 11.2 Å². The molecule has 1 saturated carbocycles. The number of carbonyl (C=O) groups is 2. The molecule has 1 heterocycles. The standard InChI is InChI=1S/C21H26N2O3/c1-14-12-19(15(2)23(14)18-6-4-3-5-7-18)21(26)22-17-10-8-16(9-11-17)13-20(24)25/h8-12,18H,3-7,13H2,1-2H3,(H,22,26)(H,24,25). The Kier molecular flexibility index (Phi) is 5.45. The zero-order valence-electron chi connectivity index (χ0n) is 15.4. The van der Waals surface area contributed by atoms with Crippen LogP contribution in [0.15, 0.2) is 30.3 Å². The Bertz CT molecular complexity index is 799. The minimum absolute atomic E-state index is 0.0171. The van der Waals surface area contributed by atoms with Gasteiger partial charge in [0.2, 0.25) is 0 Å². The molecule has 1 aliphatic rings. The summed E-state index contributed by atoms with van der Waals surface area (Å²) in [6.07, 6.45) is 6.17. The molecule has 1 aromatic heterocycles. The Balaban J connectivity index is 1.74. The average Bonchev–Trinajstić information content (AvgIpc) is 2.91. The Morgan fingerprint density at radius 3 is 2.38 bits per heavy atom. The second-order valence-electron chi connectivity index (χ2n) is 7.17. The lowest BCUT2D eigenvalue weighted by Crippen LogP contribution is -2.17. The number of carboxylic acids is 1. The van der Waals surface area contributed by atoms with Gasteiger partial charge in [-0.3, -0.25) is 9.59 Å². The molecule has 1 aliphatic carbocycles. The normalized spacial score (nSPS) is 15.0. The van der Waals surface area contributed by atoms with Crippen LogP contribution in [0.25, 0.3) is 0 Å². The van der Waals surface area contributed by atoms with Gasteiger partial charge in [-0.15, -0.1) is 0 Å². The lowest BCUT2D eigenvalue weighted by atomic mass is 9.95. The number of hydrogen-bond donors (Lipinski definition) is 2. The van der Waals surface area contributed by atoms with E-state index >= 15 is 0 Å². The molecule has 2 aromatic rings.